The molecule has 17 nitrogen and oxygen atoms in total. The molecular formula is H4AuN5O12. The van der Waals surface area contributed by atoms with Crippen molar-refractivity contribution < 1.29 is 42.7 Å². The van der Waals surface area contributed by atoms with Gasteiger partial charge in [-0.2, -0.15) is 0 Å². The zero-order valence-corrected chi connectivity index (χ0v) is 10.2. The Kier molecular flexibility index (Phi) is 58.7. The molecule has 0 aliphatic rings. The van der Waals surface area contributed by atoms with Gasteiger partial charge >= 0.3 is 22.4 Å². The first-order valence-corrected chi connectivity index (χ1v) is 2.19. The second kappa shape index (κ2) is 29.3. The summed E-state index contributed by atoms with van der Waals surface area (Å²) in [6, 6.07) is 0. The maximum atomic E-state index is 8.25. The van der Waals surface area contributed by atoms with Crippen molar-refractivity contribution in [1.29, 1.82) is 0 Å². The van der Waals surface area contributed by atoms with Crippen molar-refractivity contribution in [2.45, 2.75) is 0 Å². The quantitative estimate of drug-likeness (QED) is 0.268. The fraction of sp³-hybridized carbons (Fsp3) is 0. The molecule has 0 amide bonds. The molecule has 0 radical (unpaired) electrons. The number of hydrogen-bond donors (Lipinski definition) is 1. The molecule has 0 saturated heterocycles. The second-order valence-electron chi connectivity index (χ2n) is 0.894. The molecule has 0 aliphatic heterocycles. The fourth-order valence-electron chi connectivity index (χ4n) is 0. The third kappa shape index (κ3) is 338. The van der Waals surface area contributed by atoms with Crippen molar-refractivity contribution >= 4 is 0 Å². The smallest absolute Gasteiger partial charge is 0.369 e. The molecule has 0 aromatic rings. The van der Waals surface area contributed by atoms with Gasteiger partial charge in [0.25, 0.3) is 0 Å². The number of nitrogens with zero attached hydrogens (tertiary/aromatic N) is 4. The molecule has 0 heterocycles. The van der Waals surface area contributed by atoms with Crippen molar-refractivity contribution in [2.24, 2.45) is 0 Å². The average Bonchev–Trinajstić information content (AvgIpc) is 1.76. The van der Waals surface area contributed by atoms with Gasteiger partial charge in [-0.15, -0.1) is 0 Å². The van der Waals surface area contributed by atoms with Crippen LogP contribution in [0.2, 0.25) is 0 Å². The first kappa shape index (κ1) is 36.1. The summed E-state index contributed by atoms with van der Waals surface area (Å²) in [7, 11) is 0. The van der Waals surface area contributed by atoms with Crippen LogP contribution in [0.3, 0.4) is 0 Å². The van der Waals surface area contributed by atoms with Gasteiger partial charge in [-0.25, -0.2) is 0 Å². The van der Waals surface area contributed by atoms with Gasteiger partial charge in [0.05, 0.1) is 20.3 Å². The topological polar surface area (TPSA) is 301 Å². The van der Waals surface area contributed by atoms with Crippen LogP contribution in [-0.4, -0.2) is 20.3 Å². The summed E-state index contributed by atoms with van der Waals surface area (Å²) in [5, 5.41) is 59.0. The molecule has 0 atom stereocenters. The zero-order chi connectivity index (χ0) is 14.3. The molecule has 112 valence electrons. The summed E-state index contributed by atoms with van der Waals surface area (Å²) in [4.78, 5) is 33.0. The van der Waals surface area contributed by atoms with Crippen molar-refractivity contribution in [3.63, 3.8) is 0 Å². The van der Waals surface area contributed by atoms with Crippen LogP contribution >= 0.6 is 0 Å². The minimum atomic E-state index is -1.75. The molecule has 0 bridgehead atoms. The summed E-state index contributed by atoms with van der Waals surface area (Å²) < 4.78 is 0. The normalized spacial score (nSPS) is 5.33. The Hall–Kier alpha value is -2.50. The van der Waals surface area contributed by atoms with E-state index in [1.54, 1.807) is 0 Å². The Labute approximate surface area is 111 Å². The first-order chi connectivity index (χ1) is 6.93. The molecule has 0 aromatic carbocycles. The standard InChI is InChI=1S/Au.4NO3.H3N/c;4*2-1(3)4;/h;;;;;1H3/q+3;4*-1;/p+1. The molecule has 18 heavy (non-hydrogen) atoms. The molecule has 4 N–H and O–H groups in total. The van der Waals surface area contributed by atoms with E-state index in [0.29, 0.717) is 0 Å². The van der Waals surface area contributed by atoms with E-state index in [4.69, 9.17) is 61.3 Å². The maximum Gasteiger partial charge on any atom is 3.00 e. The third-order valence-electron chi connectivity index (χ3n) is 0. The monoisotopic (exact) mass is 463 g/mol. The summed E-state index contributed by atoms with van der Waals surface area (Å²) in [6.07, 6.45) is 0. The van der Waals surface area contributed by atoms with Gasteiger partial charge in [0.15, 0.2) is 0 Å². The minimum Gasteiger partial charge on any atom is -0.369 e. The molecule has 18 heteroatoms. The van der Waals surface area contributed by atoms with E-state index in [-0.39, 0.29) is 28.5 Å². The predicted molar refractivity (Wildman–Crippen MR) is 47.4 cm³/mol. The first-order valence-electron chi connectivity index (χ1n) is 2.19. The summed E-state index contributed by atoms with van der Waals surface area (Å²) in [6.45, 7) is 0. The van der Waals surface area contributed by atoms with Crippen LogP contribution in [0.15, 0.2) is 0 Å². The molecule has 0 aliphatic carbocycles. The van der Waals surface area contributed by atoms with Gasteiger partial charge in [-0.05, 0) is 0 Å². The van der Waals surface area contributed by atoms with Gasteiger partial charge in [0, 0.05) is 0 Å². The number of rotatable bonds is 0. The fourth-order valence-corrected chi connectivity index (χ4v) is 0. The Bertz CT molecular complexity index is 161. The maximum absolute atomic E-state index is 8.25. The van der Waals surface area contributed by atoms with Crippen LogP contribution in [0.4, 0.5) is 0 Å². The Morgan fingerprint density at radius 2 is 0.444 bits per heavy atom. The molecule has 0 fully saturated rings. The third-order valence-corrected chi connectivity index (χ3v) is 0. The Morgan fingerprint density at radius 1 is 0.444 bits per heavy atom. The van der Waals surface area contributed by atoms with Crippen molar-refractivity contribution in [2.75, 3.05) is 0 Å². The van der Waals surface area contributed by atoms with E-state index in [1.807, 2.05) is 0 Å². The molecular weight excluding hydrogens is 459 g/mol. The van der Waals surface area contributed by atoms with Crippen LogP contribution in [0.5, 0.6) is 0 Å². The molecule has 0 saturated carbocycles. The van der Waals surface area contributed by atoms with Gasteiger partial charge in [-0.3, -0.25) is 0 Å². The van der Waals surface area contributed by atoms with Crippen molar-refractivity contribution in [3.05, 3.63) is 61.3 Å². The van der Waals surface area contributed by atoms with E-state index >= 15 is 0 Å². The van der Waals surface area contributed by atoms with Gasteiger partial charge < -0.3 is 67.4 Å². The molecule has 0 spiro atoms. The summed E-state index contributed by atoms with van der Waals surface area (Å²) in [5.41, 5.74) is 0. The Balaban J connectivity index is -0.0000000257. The summed E-state index contributed by atoms with van der Waals surface area (Å²) in [5.74, 6) is 0. The van der Waals surface area contributed by atoms with Gasteiger partial charge in [0.2, 0.25) is 0 Å². The minimum absolute atomic E-state index is 0. The largest absolute Gasteiger partial charge is 3.00 e. The number of hydrogen-bond acceptors (Lipinski definition) is 12. The Morgan fingerprint density at radius 3 is 0.444 bits per heavy atom. The molecule has 0 unspecified atom stereocenters. The number of quaternary nitrogens is 1. The van der Waals surface area contributed by atoms with Crippen LogP contribution in [0.1, 0.15) is 0 Å². The second-order valence-corrected chi connectivity index (χ2v) is 0.894. The van der Waals surface area contributed by atoms with E-state index < -0.39 is 20.3 Å². The van der Waals surface area contributed by atoms with Gasteiger partial charge in [0.1, 0.15) is 0 Å². The van der Waals surface area contributed by atoms with Crippen molar-refractivity contribution in [3.8, 4) is 0 Å². The van der Waals surface area contributed by atoms with E-state index in [2.05, 4.69) is 0 Å². The molecule has 0 aromatic heterocycles. The van der Waals surface area contributed by atoms with Gasteiger partial charge in [-0.1, -0.05) is 0 Å². The van der Waals surface area contributed by atoms with Crippen LogP contribution < -0.4 is 6.15 Å². The summed E-state index contributed by atoms with van der Waals surface area (Å²) >= 11 is 0. The zero-order valence-electron chi connectivity index (χ0n) is 7.99. The van der Waals surface area contributed by atoms with Crippen molar-refractivity contribution in [1.82, 2.24) is 6.15 Å². The molecule has 0 rings (SSSR count). The van der Waals surface area contributed by atoms with Crippen LogP contribution in [0, 0.1) is 61.3 Å². The SMILES string of the molecule is O=[N+]([O-])[O-].O=[N+]([O-])[O-].O=[N+]([O-])[O-].O=[N+]([O-])[O-].[Au+3].[NH4+]. The van der Waals surface area contributed by atoms with E-state index in [1.165, 1.54) is 0 Å². The van der Waals surface area contributed by atoms with E-state index in [9.17, 15) is 0 Å². The predicted octanol–water partition coefficient (Wildman–Crippen LogP) is -0.583. The van der Waals surface area contributed by atoms with Crippen LogP contribution in [-0.2, 0) is 22.4 Å². The van der Waals surface area contributed by atoms with E-state index in [0.717, 1.165) is 0 Å². The van der Waals surface area contributed by atoms with Crippen LogP contribution in [0.25, 0.3) is 0 Å². The average molecular weight is 463 g/mol.